The maximum atomic E-state index is 5.88. The van der Waals surface area contributed by atoms with Crippen molar-refractivity contribution in [2.24, 2.45) is 0 Å². The molecule has 17 heavy (non-hydrogen) atoms. The molecule has 94 valence electrons. The molecule has 0 amide bonds. The molecule has 0 bridgehead atoms. The quantitative estimate of drug-likeness (QED) is 0.606. The van der Waals surface area contributed by atoms with Crippen LogP contribution >= 0.6 is 0 Å². The summed E-state index contributed by atoms with van der Waals surface area (Å²) < 4.78 is 5.59. The van der Waals surface area contributed by atoms with Crippen LogP contribution in [0.5, 0.6) is 0 Å². The highest BCUT2D eigenvalue weighted by Crippen LogP contribution is 2.16. The number of benzene rings is 1. The molecular formula is C14H22N2O. The average molecular weight is 234 g/mol. The molecule has 1 heterocycles. The normalized spacial score (nSPS) is 19.7. The predicted molar refractivity (Wildman–Crippen MR) is 70.9 cm³/mol. The first-order valence-electron chi connectivity index (χ1n) is 6.43. The van der Waals surface area contributed by atoms with Crippen LogP contribution in [0.1, 0.15) is 30.4 Å². The van der Waals surface area contributed by atoms with Gasteiger partial charge in [0.2, 0.25) is 0 Å². The molecule has 0 spiro atoms. The molecule has 0 aromatic heterocycles. The van der Waals surface area contributed by atoms with Crippen molar-refractivity contribution in [1.82, 2.24) is 5.32 Å². The van der Waals surface area contributed by atoms with Gasteiger partial charge in [0.05, 0.1) is 6.10 Å². The fraction of sp³-hybridized carbons (Fsp3) is 0.571. The summed E-state index contributed by atoms with van der Waals surface area (Å²) in [6.07, 6.45) is 4.03. The van der Waals surface area contributed by atoms with Crippen molar-refractivity contribution in [3.05, 3.63) is 29.3 Å². The first kappa shape index (κ1) is 12.4. The van der Waals surface area contributed by atoms with Crippen LogP contribution < -0.4 is 11.1 Å². The average Bonchev–Trinajstić information content (AvgIpc) is 2.83. The summed E-state index contributed by atoms with van der Waals surface area (Å²) in [6, 6.07) is 6.09. The number of nitrogen functional groups attached to an aromatic ring is 1. The Balaban J connectivity index is 1.72. The first-order valence-corrected chi connectivity index (χ1v) is 6.43. The molecule has 3 nitrogen and oxygen atoms in total. The lowest BCUT2D eigenvalue weighted by molar-refractivity contribution is 0.104. The van der Waals surface area contributed by atoms with E-state index >= 15 is 0 Å². The van der Waals surface area contributed by atoms with E-state index in [1.165, 1.54) is 24.0 Å². The van der Waals surface area contributed by atoms with Gasteiger partial charge >= 0.3 is 0 Å². The van der Waals surface area contributed by atoms with E-state index in [0.717, 1.165) is 31.8 Å². The predicted octanol–water partition coefficient (Wildman–Crippen LogP) is 2.24. The minimum Gasteiger partial charge on any atom is -0.399 e. The Morgan fingerprint density at radius 2 is 2.35 bits per heavy atom. The van der Waals surface area contributed by atoms with Crippen molar-refractivity contribution in [3.8, 4) is 0 Å². The first-order chi connectivity index (χ1) is 8.27. The number of nitrogens with two attached hydrogens (primary N) is 1. The van der Waals surface area contributed by atoms with Crippen LogP contribution in [0.15, 0.2) is 18.2 Å². The Kier molecular flexibility index (Phi) is 4.40. The standard InChI is InChI=1S/C14H22N2O/c1-11-12(4-2-6-14(11)15)10-16-8-7-13-5-3-9-17-13/h2,4,6,13,16H,3,5,7-10,15H2,1H3. The minimum atomic E-state index is 0.476. The van der Waals surface area contributed by atoms with Gasteiger partial charge < -0.3 is 15.8 Å². The monoisotopic (exact) mass is 234 g/mol. The van der Waals surface area contributed by atoms with Crippen LogP contribution in [0.2, 0.25) is 0 Å². The number of rotatable bonds is 5. The van der Waals surface area contributed by atoms with Crippen molar-refractivity contribution in [1.29, 1.82) is 0 Å². The van der Waals surface area contributed by atoms with Crippen LogP contribution in [0.3, 0.4) is 0 Å². The largest absolute Gasteiger partial charge is 0.399 e. The van der Waals surface area contributed by atoms with Crippen molar-refractivity contribution in [2.45, 2.75) is 38.8 Å². The molecule has 1 atom stereocenters. The van der Waals surface area contributed by atoms with Gasteiger partial charge in [-0.1, -0.05) is 12.1 Å². The SMILES string of the molecule is Cc1c(N)cccc1CNCCC1CCCO1. The lowest BCUT2D eigenvalue weighted by atomic mass is 10.1. The third-order valence-electron chi connectivity index (χ3n) is 3.47. The highest BCUT2D eigenvalue weighted by molar-refractivity contribution is 5.49. The molecule has 1 saturated heterocycles. The molecule has 1 aliphatic heterocycles. The number of ether oxygens (including phenoxy) is 1. The van der Waals surface area contributed by atoms with E-state index in [2.05, 4.69) is 18.3 Å². The van der Waals surface area contributed by atoms with E-state index < -0.39 is 0 Å². The smallest absolute Gasteiger partial charge is 0.0588 e. The molecule has 0 aliphatic carbocycles. The van der Waals surface area contributed by atoms with Gasteiger partial charge in [-0.25, -0.2) is 0 Å². The number of nitrogens with one attached hydrogen (secondary N) is 1. The summed E-state index contributed by atoms with van der Waals surface area (Å²) in [6.45, 7) is 4.92. The maximum absolute atomic E-state index is 5.88. The zero-order valence-electron chi connectivity index (χ0n) is 10.5. The van der Waals surface area contributed by atoms with Crippen molar-refractivity contribution >= 4 is 5.69 Å². The van der Waals surface area contributed by atoms with Crippen LogP contribution in [0.4, 0.5) is 5.69 Å². The van der Waals surface area contributed by atoms with E-state index in [1.54, 1.807) is 0 Å². The molecule has 0 saturated carbocycles. The number of hydrogen-bond donors (Lipinski definition) is 2. The minimum absolute atomic E-state index is 0.476. The third-order valence-corrected chi connectivity index (χ3v) is 3.47. The second-order valence-electron chi connectivity index (χ2n) is 4.73. The Morgan fingerprint density at radius 3 is 3.12 bits per heavy atom. The summed E-state index contributed by atoms with van der Waals surface area (Å²) in [7, 11) is 0. The Labute approximate surface area is 103 Å². The highest BCUT2D eigenvalue weighted by atomic mass is 16.5. The number of hydrogen-bond acceptors (Lipinski definition) is 3. The molecule has 1 unspecified atom stereocenters. The van der Waals surface area contributed by atoms with Gasteiger partial charge in [0.1, 0.15) is 0 Å². The zero-order chi connectivity index (χ0) is 12.1. The summed E-state index contributed by atoms with van der Waals surface area (Å²) in [5.74, 6) is 0. The second-order valence-corrected chi connectivity index (χ2v) is 4.73. The van der Waals surface area contributed by atoms with Gasteiger partial charge in [-0.2, -0.15) is 0 Å². The fourth-order valence-corrected chi connectivity index (χ4v) is 2.25. The van der Waals surface area contributed by atoms with Crippen molar-refractivity contribution in [2.75, 3.05) is 18.9 Å². The van der Waals surface area contributed by atoms with Crippen LogP contribution in [-0.2, 0) is 11.3 Å². The Hall–Kier alpha value is -1.06. The van der Waals surface area contributed by atoms with Gasteiger partial charge in [0, 0.05) is 18.8 Å². The van der Waals surface area contributed by atoms with Crippen LogP contribution in [0.25, 0.3) is 0 Å². The van der Waals surface area contributed by atoms with Crippen LogP contribution in [-0.4, -0.2) is 19.3 Å². The molecule has 1 aromatic carbocycles. The molecule has 1 fully saturated rings. The van der Waals surface area contributed by atoms with E-state index in [1.807, 2.05) is 12.1 Å². The molecule has 1 aromatic rings. The summed E-state index contributed by atoms with van der Waals surface area (Å²) in [5, 5.41) is 3.46. The second kappa shape index (κ2) is 6.03. The van der Waals surface area contributed by atoms with Crippen molar-refractivity contribution in [3.63, 3.8) is 0 Å². The zero-order valence-corrected chi connectivity index (χ0v) is 10.5. The molecule has 0 radical (unpaired) electrons. The molecule has 3 heteroatoms. The van der Waals surface area contributed by atoms with Gasteiger partial charge in [-0.3, -0.25) is 0 Å². The molecule has 2 rings (SSSR count). The molecule has 1 aliphatic rings. The van der Waals surface area contributed by atoms with Gasteiger partial charge in [0.15, 0.2) is 0 Å². The third kappa shape index (κ3) is 3.45. The van der Waals surface area contributed by atoms with Gasteiger partial charge in [0.25, 0.3) is 0 Å². The number of anilines is 1. The Morgan fingerprint density at radius 1 is 1.47 bits per heavy atom. The highest BCUT2D eigenvalue weighted by Gasteiger charge is 2.14. The lowest BCUT2D eigenvalue weighted by Crippen LogP contribution is -2.20. The van der Waals surface area contributed by atoms with E-state index in [-0.39, 0.29) is 0 Å². The fourth-order valence-electron chi connectivity index (χ4n) is 2.25. The molecular weight excluding hydrogens is 212 g/mol. The van der Waals surface area contributed by atoms with Crippen LogP contribution in [0, 0.1) is 6.92 Å². The van der Waals surface area contributed by atoms with Gasteiger partial charge in [-0.15, -0.1) is 0 Å². The van der Waals surface area contributed by atoms with Gasteiger partial charge in [-0.05, 0) is 49.9 Å². The topological polar surface area (TPSA) is 47.3 Å². The summed E-state index contributed by atoms with van der Waals surface area (Å²) >= 11 is 0. The molecule has 3 N–H and O–H groups in total. The maximum Gasteiger partial charge on any atom is 0.0588 e. The summed E-state index contributed by atoms with van der Waals surface area (Å²) in [4.78, 5) is 0. The van der Waals surface area contributed by atoms with Crippen molar-refractivity contribution < 1.29 is 4.74 Å². The summed E-state index contributed by atoms with van der Waals surface area (Å²) in [5.41, 5.74) is 9.24. The van der Waals surface area contributed by atoms with E-state index in [9.17, 15) is 0 Å². The van der Waals surface area contributed by atoms with E-state index in [0.29, 0.717) is 6.10 Å². The lowest BCUT2D eigenvalue weighted by Gasteiger charge is -2.12. The Bertz CT molecular complexity index is 359. The van der Waals surface area contributed by atoms with E-state index in [4.69, 9.17) is 10.5 Å².